The summed E-state index contributed by atoms with van der Waals surface area (Å²) in [4.78, 5) is 12.5. The molecule has 0 fully saturated rings. The molecule has 0 aliphatic rings. The van der Waals surface area contributed by atoms with Gasteiger partial charge in [-0.2, -0.15) is 0 Å². The first kappa shape index (κ1) is 24.4. The van der Waals surface area contributed by atoms with Crippen molar-refractivity contribution < 1.29 is 13.7 Å². The lowest BCUT2D eigenvalue weighted by atomic mass is 10.1. The highest BCUT2D eigenvalue weighted by Crippen LogP contribution is 2.37. The van der Waals surface area contributed by atoms with Gasteiger partial charge in [-0.25, -0.2) is 13.7 Å². The summed E-state index contributed by atoms with van der Waals surface area (Å²) in [5.74, 6) is 0.366. The molecule has 3 atom stereocenters. The van der Waals surface area contributed by atoms with E-state index in [1.165, 1.54) is 0 Å². The van der Waals surface area contributed by atoms with Gasteiger partial charge in [-0.15, -0.1) is 6.58 Å². The van der Waals surface area contributed by atoms with Crippen LogP contribution in [-0.2, 0) is 14.7 Å². The molecule has 1 unspecified atom stereocenters. The molecule has 1 aromatic carbocycles. The van der Waals surface area contributed by atoms with Crippen LogP contribution in [0.2, 0.25) is 18.1 Å². The predicted octanol–water partition coefficient (Wildman–Crippen LogP) is 6.07. The van der Waals surface area contributed by atoms with Crippen LogP contribution >= 0.6 is 0 Å². The standard InChI is InChI=1S/C21H36N2O3SSi/c1-9-13-17(2)16-27(25,23-28(7,8)21(4,5)6)22-20(24)26-18(3)19-14-11-10-12-15-19/h9-12,14-15,17-18H,1,13,16H2,2-8H3,(H,22,23,24,25)/t17-,18-,27?/m0/s1. The maximum atomic E-state index is 13.7. The quantitative estimate of drug-likeness (QED) is 0.406. The fraction of sp³-hybridized carbons (Fsp3) is 0.571. The van der Waals surface area contributed by atoms with Crippen LogP contribution in [0.5, 0.6) is 0 Å². The normalized spacial score (nSPS) is 16.4. The molecule has 0 radical (unpaired) electrons. The number of nitrogens with zero attached hydrogens (tertiary/aromatic N) is 1. The Bertz CT molecular complexity index is 779. The number of nitrogens with one attached hydrogen (secondary N) is 1. The molecule has 0 aliphatic heterocycles. The van der Waals surface area contributed by atoms with Crippen molar-refractivity contribution in [1.29, 1.82) is 0 Å². The van der Waals surface area contributed by atoms with E-state index in [1.54, 1.807) is 13.0 Å². The highest BCUT2D eigenvalue weighted by Gasteiger charge is 2.38. The Morgan fingerprint density at radius 3 is 2.36 bits per heavy atom. The summed E-state index contributed by atoms with van der Waals surface area (Å²) in [6.07, 6.45) is 1.37. The molecular weight excluding hydrogens is 388 g/mol. The van der Waals surface area contributed by atoms with Gasteiger partial charge < -0.3 is 4.74 Å². The van der Waals surface area contributed by atoms with Gasteiger partial charge in [0, 0.05) is 0 Å². The summed E-state index contributed by atoms with van der Waals surface area (Å²) >= 11 is 0. The largest absolute Gasteiger partial charge is 0.441 e. The van der Waals surface area contributed by atoms with Gasteiger partial charge in [0.1, 0.15) is 16.0 Å². The zero-order valence-electron chi connectivity index (χ0n) is 18.3. The molecule has 1 aromatic rings. The molecule has 0 spiro atoms. The van der Waals surface area contributed by atoms with E-state index in [1.807, 2.05) is 37.3 Å². The van der Waals surface area contributed by atoms with Crippen molar-refractivity contribution >= 4 is 24.2 Å². The highest BCUT2D eigenvalue weighted by atomic mass is 32.2. The first-order valence-corrected chi connectivity index (χ1v) is 14.3. The number of amides is 1. The van der Waals surface area contributed by atoms with E-state index in [0.717, 1.165) is 5.56 Å². The number of carbonyl (C=O) groups excluding carboxylic acids is 1. The molecule has 0 aliphatic carbocycles. The van der Waals surface area contributed by atoms with Crippen LogP contribution in [-0.4, -0.2) is 24.3 Å². The van der Waals surface area contributed by atoms with Crippen LogP contribution in [0, 0.1) is 5.92 Å². The smallest absolute Gasteiger partial charge is 0.420 e. The van der Waals surface area contributed by atoms with E-state index >= 15 is 0 Å². The monoisotopic (exact) mass is 424 g/mol. The molecular formula is C21H36N2O3SSi. The second-order valence-electron chi connectivity index (χ2n) is 8.90. The van der Waals surface area contributed by atoms with Crippen molar-refractivity contribution in [3.8, 4) is 0 Å². The van der Waals surface area contributed by atoms with Crippen molar-refractivity contribution in [3.63, 3.8) is 0 Å². The zero-order chi connectivity index (χ0) is 21.6. The van der Waals surface area contributed by atoms with Crippen LogP contribution in [0.1, 0.15) is 52.7 Å². The Hall–Kier alpha value is -1.60. The molecule has 0 saturated heterocycles. The third-order valence-corrected chi connectivity index (χ3v) is 13.3. The summed E-state index contributed by atoms with van der Waals surface area (Å²) in [5, 5.41) is -0.0831. The third kappa shape index (κ3) is 7.43. The molecule has 0 bridgehead atoms. The Balaban J connectivity index is 3.10. The van der Waals surface area contributed by atoms with Gasteiger partial charge in [-0.1, -0.05) is 64.1 Å². The average Bonchev–Trinajstić information content (AvgIpc) is 2.53. The molecule has 0 saturated carbocycles. The fourth-order valence-corrected chi connectivity index (χ4v) is 8.28. The first-order chi connectivity index (χ1) is 12.8. The number of ether oxygens (including phenoxy) is 1. The molecule has 0 aromatic heterocycles. The number of carbonyl (C=O) groups is 1. The second-order valence-corrected chi connectivity index (χ2v) is 16.1. The Labute approximate surface area is 172 Å². The summed E-state index contributed by atoms with van der Waals surface area (Å²) in [5.41, 5.74) is 0.880. The Kier molecular flexibility index (Phi) is 8.50. The van der Waals surface area contributed by atoms with Gasteiger partial charge in [0.25, 0.3) is 0 Å². The Morgan fingerprint density at radius 2 is 1.86 bits per heavy atom. The maximum absolute atomic E-state index is 13.7. The summed E-state index contributed by atoms with van der Waals surface area (Å²) in [7, 11) is -5.21. The Morgan fingerprint density at radius 1 is 1.29 bits per heavy atom. The van der Waals surface area contributed by atoms with E-state index in [-0.39, 0.29) is 16.7 Å². The summed E-state index contributed by atoms with van der Waals surface area (Å²) in [6.45, 7) is 18.0. The number of benzene rings is 1. The van der Waals surface area contributed by atoms with Gasteiger partial charge in [0.2, 0.25) is 0 Å². The van der Waals surface area contributed by atoms with E-state index in [9.17, 15) is 9.00 Å². The van der Waals surface area contributed by atoms with Crippen LogP contribution < -0.4 is 4.72 Å². The maximum Gasteiger partial charge on any atom is 0.420 e. The van der Waals surface area contributed by atoms with Crippen LogP contribution in [0.15, 0.2) is 47.0 Å². The predicted molar refractivity (Wildman–Crippen MR) is 121 cm³/mol. The van der Waals surface area contributed by atoms with Crippen LogP contribution in [0.3, 0.4) is 0 Å². The van der Waals surface area contributed by atoms with Crippen LogP contribution in [0.4, 0.5) is 4.79 Å². The molecule has 7 heteroatoms. The minimum Gasteiger partial charge on any atom is -0.441 e. The molecule has 1 rings (SSSR count). The molecule has 1 N–H and O–H groups in total. The van der Waals surface area contributed by atoms with Crippen LogP contribution in [0.25, 0.3) is 0 Å². The van der Waals surface area contributed by atoms with Crippen molar-refractivity contribution in [3.05, 3.63) is 48.6 Å². The zero-order valence-corrected chi connectivity index (χ0v) is 20.1. The highest BCUT2D eigenvalue weighted by molar-refractivity contribution is 7.93. The number of rotatable bonds is 8. The lowest BCUT2D eigenvalue weighted by Crippen LogP contribution is -2.42. The van der Waals surface area contributed by atoms with Gasteiger partial charge in [-0.3, -0.25) is 4.03 Å². The van der Waals surface area contributed by atoms with Gasteiger partial charge in [0.05, 0.1) is 5.75 Å². The SMILES string of the molecule is C=CC[C@H](C)CS(=O)(=N[Si](C)(C)C(C)(C)C)NC(=O)O[C@@H](C)c1ccccc1. The van der Waals surface area contributed by atoms with E-state index < -0.39 is 30.3 Å². The minimum atomic E-state index is -2.96. The van der Waals surface area contributed by atoms with Gasteiger partial charge in [0.15, 0.2) is 8.24 Å². The number of allylic oxidation sites excluding steroid dienone is 1. The number of hydrogen-bond donors (Lipinski definition) is 1. The summed E-state index contributed by atoms with van der Waals surface area (Å²) in [6, 6.07) is 9.46. The average molecular weight is 425 g/mol. The van der Waals surface area contributed by atoms with Crippen molar-refractivity contribution in [2.45, 2.75) is 65.3 Å². The molecule has 1 amide bonds. The van der Waals surface area contributed by atoms with E-state index in [4.69, 9.17) is 8.77 Å². The molecule has 158 valence electrons. The first-order valence-electron chi connectivity index (χ1n) is 9.70. The van der Waals surface area contributed by atoms with E-state index in [2.05, 4.69) is 45.2 Å². The second kappa shape index (κ2) is 9.74. The van der Waals surface area contributed by atoms with E-state index in [0.29, 0.717) is 6.42 Å². The van der Waals surface area contributed by atoms with Crippen molar-refractivity contribution in [1.82, 2.24) is 4.72 Å². The third-order valence-electron chi connectivity index (χ3n) is 5.09. The lowest BCUT2D eigenvalue weighted by Gasteiger charge is -2.33. The molecule has 28 heavy (non-hydrogen) atoms. The molecule has 0 heterocycles. The van der Waals surface area contributed by atoms with Crippen molar-refractivity contribution in [2.75, 3.05) is 5.75 Å². The topological polar surface area (TPSA) is 67.8 Å². The van der Waals surface area contributed by atoms with Crippen molar-refractivity contribution in [2.24, 2.45) is 9.95 Å². The number of hydrogen-bond acceptors (Lipinski definition) is 4. The lowest BCUT2D eigenvalue weighted by molar-refractivity contribution is 0.113. The molecule has 5 nitrogen and oxygen atoms in total. The summed E-state index contributed by atoms with van der Waals surface area (Å²) < 4.78 is 26.5. The minimum absolute atomic E-state index is 0.0831. The van der Waals surface area contributed by atoms with Gasteiger partial charge >= 0.3 is 6.09 Å². The fourth-order valence-electron chi connectivity index (χ4n) is 2.45. The van der Waals surface area contributed by atoms with Gasteiger partial charge in [-0.05, 0) is 43.0 Å².